The summed E-state index contributed by atoms with van der Waals surface area (Å²) in [5, 5.41) is 8.72. The van der Waals surface area contributed by atoms with Gasteiger partial charge in [0.15, 0.2) is 5.96 Å². The molecular formula is C16H21N3S. The molecule has 1 aromatic heterocycles. The summed E-state index contributed by atoms with van der Waals surface area (Å²) >= 11 is 1.75. The average molecular weight is 287 g/mol. The summed E-state index contributed by atoms with van der Waals surface area (Å²) in [6.45, 7) is 6.56. The van der Waals surface area contributed by atoms with E-state index >= 15 is 0 Å². The fourth-order valence-corrected chi connectivity index (χ4v) is 2.55. The largest absolute Gasteiger partial charge is 0.357 e. The molecule has 1 aromatic carbocycles. The van der Waals surface area contributed by atoms with Gasteiger partial charge in [0, 0.05) is 11.4 Å². The van der Waals surface area contributed by atoms with Crippen LogP contribution < -0.4 is 10.6 Å². The lowest BCUT2D eigenvalue weighted by molar-refractivity contribution is 0.823. The molecule has 0 aliphatic carbocycles. The molecule has 0 fully saturated rings. The quantitative estimate of drug-likeness (QED) is 0.654. The van der Waals surface area contributed by atoms with Gasteiger partial charge in [-0.1, -0.05) is 35.9 Å². The fraction of sp³-hybridized carbons (Fsp3) is 0.312. The molecule has 4 heteroatoms. The van der Waals surface area contributed by atoms with Gasteiger partial charge in [0.1, 0.15) is 0 Å². The number of guanidine groups is 1. The van der Waals surface area contributed by atoms with E-state index in [9.17, 15) is 0 Å². The molecule has 0 unspecified atom stereocenters. The zero-order valence-electron chi connectivity index (χ0n) is 12.0. The topological polar surface area (TPSA) is 36.4 Å². The van der Waals surface area contributed by atoms with Gasteiger partial charge >= 0.3 is 0 Å². The molecule has 0 spiro atoms. The van der Waals surface area contributed by atoms with Crippen molar-refractivity contribution in [2.75, 3.05) is 6.54 Å². The minimum absolute atomic E-state index is 0.696. The van der Waals surface area contributed by atoms with Crippen LogP contribution in [0.15, 0.2) is 46.8 Å². The van der Waals surface area contributed by atoms with Crippen molar-refractivity contribution in [3.8, 4) is 0 Å². The number of aliphatic imine (C=N–C) groups is 1. The Bertz CT molecular complexity index is 547. The van der Waals surface area contributed by atoms with Crippen molar-refractivity contribution in [2.24, 2.45) is 4.99 Å². The second kappa shape index (κ2) is 7.70. The molecule has 3 nitrogen and oxygen atoms in total. The Labute approximate surface area is 124 Å². The molecule has 0 bridgehead atoms. The highest BCUT2D eigenvalue weighted by atomic mass is 32.1. The highest BCUT2D eigenvalue weighted by molar-refractivity contribution is 7.09. The van der Waals surface area contributed by atoms with Crippen molar-refractivity contribution in [1.29, 1.82) is 0 Å². The SMILES string of the molecule is CCNC(=NCc1cccc(C)c1)NCc1cccs1. The Morgan fingerprint density at radius 2 is 2.10 bits per heavy atom. The molecule has 0 saturated carbocycles. The third-order valence-corrected chi connectivity index (χ3v) is 3.73. The van der Waals surface area contributed by atoms with E-state index in [1.54, 1.807) is 11.3 Å². The van der Waals surface area contributed by atoms with Gasteiger partial charge in [-0.05, 0) is 30.9 Å². The monoisotopic (exact) mass is 287 g/mol. The molecule has 0 saturated heterocycles. The Morgan fingerprint density at radius 3 is 2.80 bits per heavy atom. The summed E-state index contributed by atoms with van der Waals surface area (Å²) in [6.07, 6.45) is 0. The molecule has 2 N–H and O–H groups in total. The van der Waals surface area contributed by atoms with Crippen molar-refractivity contribution in [3.05, 3.63) is 57.8 Å². The van der Waals surface area contributed by atoms with Gasteiger partial charge in [-0.15, -0.1) is 11.3 Å². The summed E-state index contributed by atoms with van der Waals surface area (Å²) in [6, 6.07) is 12.7. The van der Waals surface area contributed by atoms with Gasteiger partial charge in [-0.2, -0.15) is 0 Å². The maximum absolute atomic E-state index is 4.62. The van der Waals surface area contributed by atoms with Gasteiger partial charge in [-0.3, -0.25) is 0 Å². The number of hydrogen-bond acceptors (Lipinski definition) is 2. The van der Waals surface area contributed by atoms with E-state index in [-0.39, 0.29) is 0 Å². The van der Waals surface area contributed by atoms with E-state index < -0.39 is 0 Å². The summed E-state index contributed by atoms with van der Waals surface area (Å²) in [5.41, 5.74) is 2.51. The van der Waals surface area contributed by atoms with Gasteiger partial charge in [-0.25, -0.2) is 4.99 Å². The predicted octanol–water partition coefficient (Wildman–Crippen LogP) is 3.31. The maximum atomic E-state index is 4.62. The molecule has 0 amide bonds. The van der Waals surface area contributed by atoms with Crippen molar-refractivity contribution in [3.63, 3.8) is 0 Å². The van der Waals surface area contributed by atoms with Crippen LogP contribution in [0.5, 0.6) is 0 Å². The molecule has 0 atom stereocenters. The predicted molar refractivity (Wildman–Crippen MR) is 87.2 cm³/mol. The van der Waals surface area contributed by atoms with Gasteiger partial charge < -0.3 is 10.6 Å². The fourth-order valence-electron chi connectivity index (χ4n) is 1.91. The van der Waals surface area contributed by atoms with E-state index in [2.05, 4.69) is 71.3 Å². The number of nitrogens with zero attached hydrogens (tertiary/aromatic N) is 1. The van der Waals surface area contributed by atoms with Gasteiger partial charge in [0.2, 0.25) is 0 Å². The van der Waals surface area contributed by atoms with Crippen molar-refractivity contribution < 1.29 is 0 Å². The van der Waals surface area contributed by atoms with Crippen LogP contribution in [0.3, 0.4) is 0 Å². The minimum Gasteiger partial charge on any atom is -0.357 e. The number of hydrogen-bond donors (Lipinski definition) is 2. The zero-order chi connectivity index (χ0) is 14.2. The van der Waals surface area contributed by atoms with E-state index in [1.807, 2.05) is 0 Å². The summed E-state index contributed by atoms with van der Waals surface area (Å²) < 4.78 is 0. The Balaban J connectivity index is 1.94. The van der Waals surface area contributed by atoms with E-state index in [4.69, 9.17) is 0 Å². The summed E-state index contributed by atoms with van der Waals surface area (Å²) in [7, 11) is 0. The number of thiophene rings is 1. The lowest BCUT2D eigenvalue weighted by Crippen LogP contribution is -2.36. The van der Waals surface area contributed by atoms with Crippen molar-refractivity contribution in [2.45, 2.75) is 26.9 Å². The number of rotatable bonds is 5. The molecule has 20 heavy (non-hydrogen) atoms. The highest BCUT2D eigenvalue weighted by Crippen LogP contribution is 2.08. The van der Waals surface area contributed by atoms with E-state index in [1.165, 1.54) is 16.0 Å². The zero-order valence-corrected chi connectivity index (χ0v) is 12.8. The molecule has 1 heterocycles. The molecule has 0 aliphatic rings. The lowest BCUT2D eigenvalue weighted by Gasteiger charge is -2.10. The second-order valence-electron chi connectivity index (χ2n) is 4.62. The molecule has 106 valence electrons. The first-order chi connectivity index (χ1) is 9.78. The maximum Gasteiger partial charge on any atom is 0.191 e. The van der Waals surface area contributed by atoms with E-state index in [0.29, 0.717) is 6.54 Å². The summed E-state index contributed by atoms with van der Waals surface area (Å²) in [4.78, 5) is 5.93. The van der Waals surface area contributed by atoms with Crippen LogP contribution >= 0.6 is 11.3 Å². The first-order valence-corrected chi connectivity index (χ1v) is 7.76. The van der Waals surface area contributed by atoms with Gasteiger partial charge in [0.25, 0.3) is 0 Å². The van der Waals surface area contributed by atoms with Crippen LogP contribution in [-0.2, 0) is 13.1 Å². The standard InChI is InChI=1S/C16H21N3S/c1-3-17-16(19-12-15-8-5-9-20-15)18-11-14-7-4-6-13(2)10-14/h4-10H,3,11-12H2,1-2H3,(H2,17,18,19). The first-order valence-electron chi connectivity index (χ1n) is 6.88. The normalized spacial score (nSPS) is 11.4. The third-order valence-electron chi connectivity index (χ3n) is 2.86. The summed E-state index contributed by atoms with van der Waals surface area (Å²) in [5.74, 6) is 0.863. The number of aryl methyl sites for hydroxylation is 1. The van der Waals surface area contributed by atoms with Crippen molar-refractivity contribution >= 4 is 17.3 Å². The Kier molecular flexibility index (Phi) is 5.62. The Hall–Kier alpha value is -1.81. The van der Waals surface area contributed by atoms with Crippen LogP contribution in [0.2, 0.25) is 0 Å². The highest BCUT2D eigenvalue weighted by Gasteiger charge is 1.99. The molecule has 0 aliphatic heterocycles. The molecule has 0 radical (unpaired) electrons. The molecule has 2 rings (SSSR count). The van der Waals surface area contributed by atoms with Gasteiger partial charge in [0.05, 0.1) is 13.1 Å². The van der Waals surface area contributed by atoms with Crippen LogP contribution in [0.1, 0.15) is 22.9 Å². The second-order valence-corrected chi connectivity index (χ2v) is 5.65. The number of benzene rings is 1. The van der Waals surface area contributed by atoms with Crippen LogP contribution in [0.25, 0.3) is 0 Å². The smallest absolute Gasteiger partial charge is 0.191 e. The third kappa shape index (κ3) is 4.70. The first kappa shape index (κ1) is 14.6. The Morgan fingerprint density at radius 1 is 1.20 bits per heavy atom. The van der Waals surface area contributed by atoms with Crippen LogP contribution in [-0.4, -0.2) is 12.5 Å². The number of nitrogens with one attached hydrogen (secondary N) is 2. The minimum atomic E-state index is 0.696. The van der Waals surface area contributed by atoms with Crippen LogP contribution in [0.4, 0.5) is 0 Å². The van der Waals surface area contributed by atoms with Crippen LogP contribution in [0, 0.1) is 6.92 Å². The molecular weight excluding hydrogens is 266 g/mol. The lowest BCUT2D eigenvalue weighted by atomic mass is 10.1. The van der Waals surface area contributed by atoms with E-state index in [0.717, 1.165) is 19.0 Å². The van der Waals surface area contributed by atoms with Crippen molar-refractivity contribution in [1.82, 2.24) is 10.6 Å². The average Bonchev–Trinajstić information content (AvgIpc) is 2.95. The molecule has 2 aromatic rings.